The standard InChI is InChI=1S/C13H14Cl2N2O3.C7H5Cl2NO.C7H13NO2.U.V/c1-4-20-13(19)8(7-17(2)3)12(18)11-9(14)5-6-10(15)16-11;1-4(11)7-5(8)2-3-6(9)10-7;1-4-10-7(9)5-6-8(2)3;;/h5-7H,4H2,1-3H3;2-3H,1H3;5-6H,4H2,1-3H3;;/b8-7-;;6-5+;;. The maximum absolute atomic E-state index is 12.4. The van der Waals surface area contributed by atoms with E-state index in [2.05, 4.69) is 14.7 Å². The van der Waals surface area contributed by atoms with Gasteiger partial charge in [-0.05, 0) is 38.1 Å². The van der Waals surface area contributed by atoms with Crippen molar-refractivity contribution in [3.63, 3.8) is 0 Å². The predicted octanol–water partition coefficient (Wildman–Crippen LogP) is 5.79. The summed E-state index contributed by atoms with van der Waals surface area (Å²) in [7, 11) is 7.05. The van der Waals surface area contributed by atoms with Crippen molar-refractivity contribution in [2.75, 3.05) is 41.4 Å². The van der Waals surface area contributed by atoms with Crippen LogP contribution in [-0.4, -0.2) is 84.7 Å². The monoisotopic (exact) mass is 937 g/mol. The SMILES string of the molecule is CC(=O)c1nc(Cl)ccc1Cl.CCOC(=O)/C(=C\N(C)C)C(=O)c1nc(Cl)ccc1Cl.CCOC(=O)/C=C/N(C)C.[U].[V]. The van der Waals surface area contributed by atoms with Crippen LogP contribution in [0.2, 0.25) is 20.4 Å². The summed E-state index contributed by atoms with van der Waals surface area (Å²) in [5.41, 5.74) is -0.0204. The van der Waals surface area contributed by atoms with Crippen LogP contribution in [-0.2, 0) is 37.6 Å². The number of hydrogen-bond acceptors (Lipinski definition) is 10. The Hall–Kier alpha value is -1.54. The van der Waals surface area contributed by atoms with Crippen molar-refractivity contribution in [1.29, 1.82) is 0 Å². The molecule has 43 heavy (non-hydrogen) atoms. The van der Waals surface area contributed by atoms with E-state index >= 15 is 0 Å². The van der Waals surface area contributed by atoms with Crippen LogP contribution in [0.25, 0.3) is 0 Å². The Kier molecular flexibility index (Phi) is 26.4. The number of nitrogens with zero attached hydrogens (tertiary/aromatic N) is 4. The van der Waals surface area contributed by atoms with E-state index in [0.717, 1.165) is 0 Å². The van der Waals surface area contributed by atoms with Gasteiger partial charge in [-0.15, -0.1) is 0 Å². The molecule has 1 radical (unpaired) electrons. The van der Waals surface area contributed by atoms with Gasteiger partial charge in [-0.2, -0.15) is 0 Å². The average molecular weight is 939 g/mol. The molecule has 0 saturated heterocycles. The van der Waals surface area contributed by atoms with Gasteiger partial charge < -0.3 is 19.3 Å². The number of Topliss-reactive ketones (excluding diaryl/α,β-unsaturated/α-hetero) is 2. The first-order valence-electron chi connectivity index (χ1n) is 11.9. The van der Waals surface area contributed by atoms with Crippen LogP contribution in [0.1, 0.15) is 41.7 Å². The van der Waals surface area contributed by atoms with Gasteiger partial charge in [-0.3, -0.25) is 9.59 Å². The smallest absolute Gasteiger partial charge is 0.343 e. The number of halogens is 4. The fourth-order valence-corrected chi connectivity index (χ4v) is 3.17. The van der Waals surface area contributed by atoms with Crippen LogP contribution in [0.4, 0.5) is 0 Å². The molecule has 2 aromatic rings. The van der Waals surface area contributed by atoms with E-state index in [1.807, 2.05) is 14.1 Å². The molecule has 233 valence electrons. The minimum Gasteiger partial charge on any atom is -0.463 e. The van der Waals surface area contributed by atoms with E-state index in [-0.39, 0.29) is 100 Å². The number of pyridine rings is 2. The molecule has 0 aliphatic heterocycles. The molecule has 10 nitrogen and oxygen atoms in total. The molecule has 0 aliphatic carbocycles. The number of ether oxygens (including phenoxy) is 2. The molecule has 0 fully saturated rings. The number of carbonyl (C=O) groups excluding carboxylic acids is 4. The molecule has 2 heterocycles. The van der Waals surface area contributed by atoms with Gasteiger partial charge in [0.25, 0.3) is 0 Å². The molecular formula is C27H32Cl4N4O6UV. The van der Waals surface area contributed by atoms with Crippen molar-refractivity contribution >= 4 is 69.9 Å². The quantitative estimate of drug-likeness (QED) is 0.0764. The molecule has 0 N–H and O–H groups in total. The third-order valence-electron chi connectivity index (χ3n) is 4.10. The maximum Gasteiger partial charge on any atom is 0.343 e. The number of carbonyl (C=O) groups is 4. The van der Waals surface area contributed by atoms with Crippen molar-refractivity contribution in [2.24, 2.45) is 0 Å². The van der Waals surface area contributed by atoms with Gasteiger partial charge in [-0.1, -0.05) is 46.4 Å². The van der Waals surface area contributed by atoms with E-state index in [4.69, 9.17) is 51.1 Å². The summed E-state index contributed by atoms with van der Waals surface area (Å²) in [5.74, 6) is -1.85. The Morgan fingerprint density at radius 1 is 0.791 bits per heavy atom. The van der Waals surface area contributed by atoms with Crippen LogP contribution in [0, 0.1) is 31.1 Å². The zero-order valence-corrected chi connectivity index (χ0v) is 33.2. The van der Waals surface area contributed by atoms with Gasteiger partial charge in [0.2, 0.25) is 5.78 Å². The van der Waals surface area contributed by atoms with Crippen molar-refractivity contribution in [3.05, 3.63) is 80.1 Å². The van der Waals surface area contributed by atoms with Crippen LogP contribution < -0.4 is 0 Å². The van der Waals surface area contributed by atoms with Gasteiger partial charge in [0.1, 0.15) is 27.3 Å². The number of ketones is 2. The van der Waals surface area contributed by atoms with E-state index in [1.165, 1.54) is 37.4 Å². The van der Waals surface area contributed by atoms with Crippen LogP contribution in [0.3, 0.4) is 0 Å². The van der Waals surface area contributed by atoms with Crippen molar-refractivity contribution in [2.45, 2.75) is 20.8 Å². The van der Waals surface area contributed by atoms with E-state index in [1.54, 1.807) is 50.0 Å². The maximum atomic E-state index is 12.4. The molecule has 0 unspecified atom stereocenters. The summed E-state index contributed by atoms with van der Waals surface area (Å²) in [6.07, 6.45) is 4.40. The Labute approximate surface area is 307 Å². The molecule has 16 heteroatoms. The molecule has 2 aromatic heterocycles. The first kappa shape index (κ1) is 45.9. The third kappa shape index (κ3) is 19.5. The van der Waals surface area contributed by atoms with E-state index < -0.39 is 11.8 Å². The second-order valence-electron chi connectivity index (χ2n) is 8.07. The Balaban J connectivity index is -0.000000594. The largest absolute Gasteiger partial charge is 0.463 e. The van der Waals surface area contributed by atoms with Crippen molar-refractivity contribution in [3.8, 4) is 0 Å². The van der Waals surface area contributed by atoms with Gasteiger partial charge in [-0.25, -0.2) is 19.6 Å². The van der Waals surface area contributed by atoms with Gasteiger partial charge in [0.05, 0.1) is 23.3 Å². The normalized spacial score (nSPS) is 9.98. The van der Waals surface area contributed by atoms with Crippen molar-refractivity contribution in [1.82, 2.24) is 19.8 Å². The molecule has 0 amide bonds. The second-order valence-corrected chi connectivity index (χ2v) is 9.66. The van der Waals surface area contributed by atoms with Gasteiger partial charge in [0, 0.05) is 103 Å². The third-order valence-corrected chi connectivity index (χ3v) is 5.13. The summed E-state index contributed by atoms with van der Waals surface area (Å²) in [5, 5.41) is 0.848. The van der Waals surface area contributed by atoms with Crippen LogP contribution in [0.15, 0.2) is 48.3 Å². The molecule has 0 bridgehead atoms. The molecule has 0 saturated carbocycles. The topological polar surface area (TPSA) is 119 Å². The molecular weight excluding hydrogens is 907 g/mol. The second kappa shape index (κ2) is 24.7. The number of esters is 2. The van der Waals surface area contributed by atoms with E-state index in [9.17, 15) is 19.2 Å². The van der Waals surface area contributed by atoms with Gasteiger partial charge in [0.15, 0.2) is 5.78 Å². The molecule has 2 rings (SSSR count). The number of hydrogen-bond donors (Lipinski definition) is 0. The number of rotatable bonds is 9. The van der Waals surface area contributed by atoms with Gasteiger partial charge >= 0.3 is 11.9 Å². The van der Waals surface area contributed by atoms with Crippen LogP contribution in [0.5, 0.6) is 0 Å². The zero-order valence-electron chi connectivity index (χ0n) is 24.7. The van der Waals surface area contributed by atoms with Crippen LogP contribution >= 0.6 is 46.4 Å². The number of aromatic nitrogens is 2. The van der Waals surface area contributed by atoms with Crippen molar-refractivity contribution < 1.29 is 78.3 Å². The predicted molar refractivity (Wildman–Crippen MR) is 161 cm³/mol. The first-order chi connectivity index (χ1) is 19.1. The summed E-state index contributed by atoms with van der Waals surface area (Å²) in [6.45, 7) is 5.41. The fourth-order valence-electron chi connectivity index (χ4n) is 2.44. The summed E-state index contributed by atoms with van der Waals surface area (Å²) < 4.78 is 9.50. The minimum absolute atomic E-state index is 0. The molecule has 0 spiro atoms. The average Bonchev–Trinajstić information content (AvgIpc) is 2.89. The Bertz CT molecular complexity index is 1280. The fraction of sp³-hybridized carbons (Fsp3) is 0.333. The minimum atomic E-state index is -0.732. The Morgan fingerprint density at radius 3 is 1.65 bits per heavy atom. The van der Waals surface area contributed by atoms with E-state index in [0.29, 0.717) is 11.6 Å². The zero-order chi connectivity index (χ0) is 31.7. The summed E-state index contributed by atoms with van der Waals surface area (Å²) >= 11 is 22.9. The summed E-state index contributed by atoms with van der Waals surface area (Å²) in [4.78, 5) is 56.6. The molecule has 0 aromatic carbocycles. The molecule has 0 aliphatic rings. The first-order valence-corrected chi connectivity index (χ1v) is 13.4. The summed E-state index contributed by atoms with van der Waals surface area (Å²) in [6, 6.07) is 5.99. The Morgan fingerprint density at radius 2 is 1.26 bits per heavy atom. The molecule has 0 atom stereocenters.